The molecule has 0 radical (unpaired) electrons. The van der Waals surface area contributed by atoms with E-state index in [0.29, 0.717) is 5.92 Å². The van der Waals surface area contributed by atoms with Crippen molar-refractivity contribution in [2.24, 2.45) is 5.92 Å². The van der Waals surface area contributed by atoms with Gasteiger partial charge in [0.25, 0.3) is 0 Å². The third-order valence-corrected chi connectivity index (χ3v) is 4.46. The molecular weight excluding hydrogens is 260 g/mol. The molecule has 2 unspecified atom stereocenters. The number of amides is 1. The second kappa shape index (κ2) is 5.93. The fourth-order valence-corrected chi connectivity index (χ4v) is 2.46. The minimum Gasteiger partial charge on any atom is -0.342 e. The highest BCUT2D eigenvalue weighted by Gasteiger charge is 2.31. The Balaban J connectivity index is 2.03. The number of rotatable bonds is 4. The molecule has 0 aromatic heterocycles. The molecule has 19 heavy (non-hydrogen) atoms. The van der Waals surface area contributed by atoms with E-state index >= 15 is 0 Å². The Morgan fingerprint density at radius 1 is 1.32 bits per heavy atom. The molecule has 1 aliphatic rings. The Kier molecular flexibility index (Phi) is 4.48. The minimum absolute atomic E-state index is 0.157. The topological polar surface area (TPSA) is 32.3 Å². The van der Waals surface area contributed by atoms with Crippen LogP contribution in [0.4, 0.5) is 0 Å². The normalized spacial score (nSPS) is 18.5. The highest BCUT2D eigenvalue weighted by atomic mass is 35.5. The largest absolute Gasteiger partial charge is 0.342 e. The lowest BCUT2D eigenvalue weighted by atomic mass is 9.92. The number of halogens is 1. The van der Waals surface area contributed by atoms with E-state index < -0.39 is 0 Å². The lowest BCUT2D eigenvalue weighted by molar-refractivity contribution is -0.137. The average molecular weight is 281 g/mol. The van der Waals surface area contributed by atoms with Crippen molar-refractivity contribution in [3.8, 4) is 0 Å². The van der Waals surface area contributed by atoms with Crippen molar-refractivity contribution in [2.45, 2.75) is 25.8 Å². The summed E-state index contributed by atoms with van der Waals surface area (Å²) < 4.78 is 0. The molecule has 1 aromatic carbocycles. The molecule has 1 saturated heterocycles. The number of carbonyl (C=O) groups excluding carboxylic acids is 1. The van der Waals surface area contributed by atoms with Crippen LogP contribution >= 0.6 is 11.6 Å². The van der Waals surface area contributed by atoms with Gasteiger partial charge in [-0.3, -0.25) is 4.79 Å². The number of nitrogens with one attached hydrogen (secondary N) is 1. The van der Waals surface area contributed by atoms with Gasteiger partial charge in [-0.05, 0) is 24.6 Å². The molecule has 3 nitrogen and oxygen atoms in total. The maximum Gasteiger partial charge on any atom is 0.228 e. The van der Waals surface area contributed by atoms with Gasteiger partial charge in [-0.15, -0.1) is 0 Å². The van der Waals surface area contributed by atoms with Gasteiger partial charge in [-0.1, -0.05) is 30.7 Å². The maximum absolute atomic E-state index is 12.2. The zero-order valence-electron chi connectivity index (χ0n) is 11.7. The van der Waals surface area contributed by atoms with Crippen LogP contribution in [0.3, 0.4) is 0 Å². The number of carbonyl (C=O) groups is 1. The van der Waals surface area contributed by atoms with E-state index in [1.807, 2.05) is 36.2 Å². The lowest BCUT2D eigenvalue weighted by Crippen LogP contribution is -2.53. The number of nitrogens with zero attached hydrogens (tertiary/aromatic N) is 1. The molecular formula is C15H21ClN2O. The Hall–Kier alpha value is -1.06. The van der Waals surface area contributed by atoms with Crippen LogP contribution in [0.5, 0.6) is 0 Å². The van der Waals surface area contributed by atoms with Crippen molar-refractivity contribution in [3.63, 3.8) is 0 Å². The van der Waals surface area contributed by atoms with Crippen LogP contribution in [0.2, 0.25) is 5.02 Å². The van der Waals surface area contributed by atoms with E-state index in [2.05, 4.69) is 19.2 Å². The Bertz CT molecular complexity index is 442. The smallest absolute Gasteiger partial charge is 0.228 e. The van der Waals surface area contributed by atoms with Crippen molar-refractivity contribution >= 4 is 17.5 Å². The fourth-order valence-electron chi connectivity index (χ4n) is 2.33. The quantitative estimate of drug-likeness (QED) is 0.919. The van der Waals surface area contributed by atoms with Crippen molar-refractivity contribution in [2.75, 3.05) is 20.1 Å². The van der Waals surface area contributed by atoms with Gasteiger partial charge in [0.15, 0.2) is 0 Å². The predicted octanol–water partition coefficient (Wildman–Crippen LogP) is 2.51. The first kappa shape index (κ1) is 14.4. The van der Waals surface area contributed by atoms with E-state index in [0.717, 1.165) is 18.1 Å². The number of hydrogen-bond acceptors (Lipinski definition) is 2. The molecule has 1 aliphatic heterocycles. The number of likely N-dealkylation sites (N-methyl/N-ethyl adjacent to an activating group) is 1. The second-order valence-corrected chi connectivity index (χ2v) is 5.82. The summed E-state index contributed by atoms with van der Waals surface area (Å²) in [6, 6.07) is 8.05. The molecule has 0 spiro atoms. The average Bonchev–Trinajstić information content (AvgIpc) is 2.35. The molecule has 1 aromatic rings. The molecule has 2 rings (SSSR count). The SMILES string of the molecule is CC(c1ccc(Cl)cc1)C(C)N(C)C(=O)C1CNC1. The Morgan fingerprint density at radius 3 is 2.37 bits per heavy atom. The molecule has 1 amide bonds. The summed E-state index contributed by atoms with van der Waals surface area (Å²) in [6.07, 6.45) is 0. The summed E-state index contributed by atoms with van der Waals surface area (Å²) in [5.74, 6) is 0.691. The van der Waals surface area contributed by atoms with E-state index in [1.54, 1.807) is 0 Å². The Labute approximate surface area is 119 Å². The molecule has 0 saturated carbocycles. The summed E-state index contributed by atoms with van der Waals surface area (Å²) in [6.45, 7) is 5.87. The third-order valence-electron chi connectivity index (χ3n) is 4.21. The van der Waals surface area contributed by atoms with E-state index in [1.165, 1.54) is 5.56 Å². The highest BCUT2D eigenvalue weighted by molar-refractivity contribution is 6.30. The monoisotopic (exact) mass is 280 g/mol. The van der Waals surface area contributed by atoms with Gasteiger partial charge < -0.3 is 10.2 Å². The molecule has 0 aliphatic carbocycles. The van der Waals surface area contributed by atoms with E-state index in [4.69, 9.17) is 11.6 Å². The van der Waals surface area contributed by atoms with Crippen molar-refractivity contribution in [1.29, 1.82) is 0 Å². The van der Waals surface area contributed by atoms with Crippen LogP contribution in [0.1, 0.15) is 25.3 Å². The van der Waals surface area contributed by atoms with Crippen LogP contribution in [0, 0.1) is 5.92 Å². The Morgan fingerprint density at radius 2 is 1.89 bits per heavy atom. The van der Waals surface area contributed by atoms with Crippen LogP contribution < -0.4 is 5.32 Å². The van der Waals surface area contributed by atoms with E-state index in [9.17, 15) is 4.79 Å². The van der Waals surface area contributed by atoms with Gasteiger partial charge in [0.1, 0.15) is 0 Å². The zero-order valence-corrected chi connectivity index (χ0v) is 12.4. The molecule has 104 valence electrons. The van der Waals surface area contributed by atoms with Gasteiger partial charge in [0, 0.05) is 37.1 Å². The summed E-state index contributed by atoms with van der Waals surface area (Å²) in [5.41, 5.74) is 1.21. The first-order chi connectivity index (χ1) is 9.00. The summed E-state index contributed by atoms with van der Waals surface area (Å²) in [7, 11) is 1.90. The number of hydrogen-bond donors (Lipinski definition) is 1. The van der Waals surface area contributed by atoms with Crippen molar-refractivity contribution in [3.05, 3.63) is 34.9 Å². The predicted molar refractivity (Wildman–Crippen MR) is 78.5 cm³/mol. The van der Waals surface area contributed by atoms with Gasteiger partial charge in [-0.2, -0.15) is 0 Å². The molecule has 1 heterocycles. The summed E-state index contributed by atoms with van der Waals surface area (Å²) in [5, 5.41) is 3.88. The van der Waals surface area contributed by atoms with Crippen LogP contribution in [-0.4, -0.2) is 37.0 Å². The summed E-state index contributed by atoms with van der Waals surface area (Å²) in [4.78, 5) is 14.1. The number of benzene rings is 1. The second-order valence-electron chi connectivity index (χ2n) is 5.39. The van der Waals surface area contributed by atoms with Crippen LogP contribution in [0.15, 0.2) is 24.3 Å². The first-order valence-electron chi connectivity index (χ1n) is 6.73. The van der Waals surface area contributed by atoms with Crippen molar-refractivity contribution < 1.29 is 4.79 Å². The minimum atomic E-state index is 0.157. The van der Waals surface area contributed by atoms with Crippen LogP contribution in [-0.2, 0) is 4.79 Å². The van der Waals surface area contributed by atoms with E-state index in [-0.39, 0.29) is 17.9 Å². The molecule has 0 bridgehead atoms. The standard InChI is InChI=1S/C15H21ClN2O/c1-10(12-4-6-14(16)7-5-12)11(2)18(3)15(19)13-8-17-9-13/h4-7,10-11,13,17H,8-9H2,1-3H3. The van der Waals surface area contributed by atoms with Crippen molar-refractivity contribution in [1.82, 2.24) is 10.2 Å². The molecule has 1 fully saturated rings. The first-order valence-corrected chi connectivity index (χ1v) is 7.11. The zero-order chi connectivity index (χ0) is 14.0. The lowest BCUT2D eigenvalue weighted by Gasteiger charge is -2.36. The van der Waals surface area contributed by atoms with Gasteiger partial charge in [-0.25, -0.2) is 0 Å². The van der Waals surface area contributed by atoms with Gasteiger partial charge >= 0.3 is 0 Å². The maximum atomic E-state index is 12.2. The fraction of sp³-hybridized carbons (Fsp3) is 0.533. The van der Waals surface area contributed by atoms with Crippen LogP contribution in [0.25, 0.3) is 0 Å². The van der Waals surface area contributed by atoms with Gasteiger partial charge in [0.05, 0.1) is 5.92 Å². The van der Waals surface area contributed by atoms with Gasteiger partial charge in [0.2, 0.25) is 5.91 Å². The molecule has 1 N–H and O–H groups in total. The highest BCUT2D eigenvalue weighted by Crippen LogP contribution is 2.25. The molecule has 4 heteroatoms. The molecule has 2 atom stereocenters. The summed E-state index contributed by atoms with van der Waals surface area (Å²) >= 11 is 5.91. The third kappa shape index (κ3) is 3.10.